The quantitative estimate of drug-likeness (QED) is 0.691. The van der Waals surface area contributed by atoms with E-state index < -0.39 is 0 Å². The molecule has 0 aliphatic heterocycles. The Labute approximate surface area is 115 Å². The van der Waals surface area contributed by atoms with Crippen LogP contribution in [-0.2, 0) is 0 Å². The van der Waals surface area contributed by atoms with E-state index in [-0.39, 0.29) is 11.7 Å². The van der Waals surface area contributed by atoms with Crippen LogP contribution in [-0.4, -0.2) is 16.7 Å². The number of nitrogens with one attached hydrogen (secondary N) is 1. The summed E-state index contributed by atoms with van der Waals surface area (Å²) in [6.45, 7) is 1.48. The summed E-state index contributed by atoms with van der Waals surface area (Å²) in [7, 11) is 0. The number of hydrogen-bond donors (Lipinski definition) is 1. The third-order valence-electron chi connectivity index (χ3n) is 2.54. The molecule has 2 aromatic rings. The molecular formula is C14H11ClN2O2. The van der Waals surface area contributed by atoms with Crippen molar-refractivity contribution < 1.29 is 9.59 Å². The van der Waals surface area contributed by atoms with Gasteiger partial charge in [0.05, 0.1) is 11.9 Å². The molecule has 1 amide bonds. The molecule has 1 aromatic heterocycles. The van der Waals surface area contributed by atoms with Crippen LogP contribution in [0.15, 0.2) is 42.6 Å². The lowest BCUT2D eigenvalue weighted by Gasteiger charge is -2.05. The van der Waals surface area contributed by atoms with Crippen molar-refractivity contribution in [3.8, 4) is 0 Å². The molecule has 1 N–H and O–H groups in total. The van der Waals surface area contributed by atoms with Crippen molar-refractivity contribution in [2.24, 2.45) is 0 Å². The van der Waals surface area contributed by atoms with Crippen LogP contribution in [0.5, 0.6) is 0 Å². The van der Waals surface area contributed by atoms with Crippen LogP contribution in [0.2, 0.25) is 5.15 Å². The van der Waals surface area contributed by atoms with Crippen molar-refractivity contribution >= 4 is 29.0 Å². The number of carbonyl (C=O) groups excluding carboxylic acids is 2. The average molecular weight is 275 g/mol. The van der Waals surface area contributed by atoms with Gasteiger partial charge in [0.15, 0.2) is 5.78 Å². The number of carbonyl (C=O) groups is 2. The van der Waals surface area contributed by atoms with Gasteiger partial charge in [-0.15, -0.1) is 0 Å². The van der Waals surface area contributed by atoms with Crippen LogP contribution in [0.1, 0.15) is 27.6 Å². The van der Waals surface area contributed by atoms with Crippen LogP contribution < -0.4 is 5.32 Å². The average Bonchev–Trinajstić information content (AvgIpc) is 2.41. The highest BCUT2D eigenvalue weighted by molar-refractivity contribution is 6.29. The summed E-state index contributed by atoms with van der Waals surface area (Å²) in [6, 6.07) is 9.72. The minimum absolute atomic E-state index is 0.0335. The van der Waals surface area contributed by atoms with E-state index >= 15 is 0 Å². The number of nitrogens with zero attached hydrogens (tertiary/aromatic N) is 1. The summed E-state index contributed by atoms with van der Waals surface area (Å²) in [4.78, 5) is 26.9. The van der Waals surface area contributed by atoms with E-state index in [1.165, 1.54) is 13.1 Å². The third-order valence-corrected chi connectivity index (χ3v) is 2.76. The van der Waals surface area contributed by atoms with Crippen molar-refractivity contribution in [1.82, 2.24) is 4.98 Å². The molecule has 19 heavy (non-hydrogen) atoms. The van der Waals surface area contributed by atoms with Gasteiger partial charge in [-0.05, 0) is 31.2 Å². The van der Waals surface area contributed by atoms with E-state index in [0.29, 0.717) is 22.0 Å². The van der Waals surface area contributed by atoms with Gasteiger partial charge in [0, 0.05) is 11.1 Å². The fourth-order valence-corrected chi connectivity index (χ4v) is 1.62. The number of aromatic nitrogens is 1. The molecule has 2 rings (SSSR count). The summed E-state index contributed by atoms with van der Waals surface area (Å²) in [5, 5.41) is 3.05. The largest absolute Gasteiger partial charge is 0.321 e. The Kier molecular flexibility index (Phi) is 3.92. The minimum atomic E-state index is -0.265. The van der Waals surface area contributed by atoms with E-state index in [1.807, 2.05) is 0 Å². The number of benzene rings is 1. The summed E-state index contributed by atoms with van der Waals surface area (Å²) >= 11 is 5.66. The molecular weight excluding hydrogens is 264 g/mol. The van der Waals surface area contributed by atoms with Gasteiger partial charge < -0.3 is 5.32 Å². The van der Waals surface area contributed by atoms with Crippen molar-refractivity contribution in [2.45, 2.75) is 6.92 Å². The predicted molar refractivity (Wildman–Crippen MR) is 73.6 cm³/mol. The fraction of sp³-hybridized carbons (Fsp3) is 0.0714. The molecule has 0 aliphatic rings. The van der Waals surface area contributed by atoms with Crippen molar-refractivity contribution in [3.63, 3.8) is 0 Å². The first-order chi connectivity index (χ1) is 9.06. The highest BCUT2D eigenvalue weighted by atomic mass is 35.5. The molecule has 0 spiro atoms. The standard InChI is InChI=1S/C14H11ClN2O2/c1-9(18)10-2-4-11(5-3-10)14(19)17-12-6-7-13(15)16-8-12/h2-8H,1H3,(H,17,19). The smallest absolute Gasteiger partial charge is 0.255 e. The van der Waals surface area contributed by atoms with Crippen LogP contribution in [0.3, 0.4) is 0 Å². The first-order valence-corrected chi connectivity index (χ1v) is 5.98. The van der Waals surface area contributed by atoms with Gasteiger partial charge in [0.1, 0.15) is 5.15 Å². The van der Waals surface area contributed by atoms with Crippen LogP contribution in [0.25, 0.3) is 0 Å². The van der Waals surface area contributed by atoms with Gasteiger partial charge in [-0.2, -0.15) is 0 Å². The molecule has 5 heteroatoms. The van der Waals surface area contributed by atoms with E-state index in [4.69, 9.17) is 11.6 Å². The molecule has 0 unspecified atom stereocenters. The molecule has 0 atom stereocenters. The number of Topliss-reactive ketones (excluding diaryl/α,β-unsaturated/α-hetero) is 1. The number of pyridine rings is 1. The molecule has 0 bridgehead atoms. The van der Waals surface area contributed by atoms with Gasteiger partial charge in [-0.25, -0.2) is 4.98 Å². The van der Waals surface area contributed by atoms with Gasteiger partial charge >= 0.3 is 0 Å². The maximum absolute atomic E-state index is 11.9. The minimum Gasteiger partial charge on any atom is -0.321 e. The first-order valence-electron chi connectivity index (χ1n) is 5.60. The molecule has 4 nitrogen and oxygen atoms in total. The number of ketones is 1. The van der Waals surface area contributed by atoms with Crippen LogP contribution in [0, 0.1) is 0 Å². The Bertz CT molecular complexity index is 606. The summed E-state index contributed by atoms with van der Waals surface area (Å²) in [5.74, 6) is -0.298. The number of amides is 1. The van der Waals surface area contributed by atoms with E-state index in [1.54, 1.807) is 36.4 Å². The van der Waals surface area contributed by atoms with Crippen LogP contribution >= 0.6 is 11.6 Å². The number of halogens is 1. The Balaban J connectivity index is 2.11. The van der Waals surface area contributed by atoms with Gasteiger partial charge in [0.2, 0.25) is 0 Å². The lowest BCUT2D eigenvalue weighted by Crippen LogP contribution is -2.12. The summed E-state index contributed by atoms with van der Waals surface area (Å²) in [5.41, 5.74) is 1.61. The molecule has 0 aliphatic carbocycles. The van der Waals surface area contributed by atoms with Crippen molar-refractivity contribution in [1.29, 1.82) is 0 Å². The molecule has 0 fully saturated rings. The first kappa shape index (κ1) is 13.2. The molecule has 1 aromatic carbocycles. The Hall–Kier alpha value is -2.20. The second-order valence-corrected chi connectivity index (χ2v) is 4.34. The highest BCUT2D eigenvalue weighted by Gasteiger charge is 2.07. The zero-order chi connectivity index (χ0) is 13.8. The third kappa shape index (κ3) is 3.39. The Morgan fingerprint density at radius 2 is 1.68 bits per heavy atom. The SMILES string of the molecule is CC(=O)c1ccc(C(=O)Nc2ccc(Cl)nc2)cc1. The van der Waals surface area contributed by atoms with Gasteiger partial charge in [-0.1, -0.05) is 23.7 Å². The molecule has 0 saturated heterocycles. The topological polar surface area (TPSA) is 59.1 Å². The molecule has 1 heterocycles. The van der Waals surface area contributed by atoms with E-state index in [0.717, 1.165) is 0 Å². The Morgan fingerprint density at radius 3 is 2.21 bits per heavy atom. The van der Waals surface area contributed by atoms with E-state index in [2.05, 4.69) is 10.3 Å². The maximum atomic E-state index is 11.9. The van der Waals surface area contributed by atoms with Gasteiger partial charge in [0.25, 0.3) is 5.91 Å². The highest BCUT2D eigenvalue weighted by Crippen LogP contribution is 2.12. The van der Waals surface area contributed by atoms with Crippen molar-refractivity contribution in [2.75, 3.05) is 5.32 Å². The monoisotopic (exact) mass is 274 g/mol. The Morgan fingerprint density at radius 1 is 1.05 bits per heavy atom. The number of rotatable bonds is 3. The normalized spacial score (nSPS) is 10.0. The number of hydrogen-bond acceptors (Lipinski definition) is 3. The lowest BCUT2D eigenvalue weighted by atomic mass is 10.1. The maximum Gasteiger partial charge on any atom is 0.255 e. The fourth-order valence-electron chi connectivity index (χ4n) is 1.51. The second kappa shape index (κ2) is 5.63. The van der Waals surface area contributed by atoms with Gasteiger partial charge in [-0.3, -0.25) is 9.59 Å². The zero-order valence-electron chi connectivity index (χ0n) is 10.2. The molecule has 96 valence electrons. The number of anilines is 1. The summed E-state index contributed by atoms with van der Waals surface area (Å²) in [6.07, 6.45) is 1.48. The van der Waals surface area contributed by atoms with Crippen molar-refractivity contribution in [3.05, 3.63) is 58.9 Å². The zero-order valence-corrected chi connectivity index (χ0v) is 10.9. The predicted octanol–water partition coefficient (Wildman–Crippen LogP) is 3.19. The van der Waals surface area contributed by atoms with Crippen LogP contribution in [0.4, 0.5) is 5.69 Å². The molecule has 0 radical (unpaired) electrons. The second-order valence-electron chi connectivity index (χ2n) is 3.96. The summed E-state index contributed by atoms with van der Waals surface area (Å²) < 4.78 is 0. The molecule has 0 saturated carbocycles. The van der Waals surface area contributed by atoms with E-state index in [9.17, 15) is 9.59 Å². The lowest BCUT2D eigenvalue weighted by molar-refractivity contribution is 0.100.